The fourth-order valence-corrected chi connectivity index (χ4v) is 9.26. The summed E-state index contributed by atoms with van der Waals surface area (Å²) >= 11 is 8.07. The number of nitrogens with zero attached hydrogens (tertiary/aromatic N) is 1. The third-order valence-corrected chi connectivity index (χ3v) is 11.1. The molecular formula is C26H20ClNPS+. The van der Waals surface area contributed by atoms with E-state index in [4.69, 9.17) is 16.6 Å². The number of hydrogen-bond donors (Lipinski definition) is 0. The number of benzene rings is 3. The molecule has 0 aliphatic heterocycles. The van der Waals surface area contributed by atoms with Crippen molar-refractivity contribution in [2.24, 2.45) is 0 Å². The van der Waals surface area contributed by atoms with Crippen molar-refractivity contribution >= 4 is 56.3 Å². The van der Waals surface area contributed by atoms with Gasteiger partial charge in [-0.05, 0) is 48.5 Å². The van der Waals surface area contributed by atoms with Crippen LogP contribution in [0.4, 0.5) is 0 Å². The summed E-state index contributed by atoms with van der Waals surface area (Å²) in [6.07, 6.45) is 0.854. The summed E-state index contributed by atoms with van der Waals surface area (Å²) in [6, 6.07) is 37.0. The molecular weight excluding hydrogens is 425 g/mol. The number of rotatable bonds is 5. The summed E-state index contributed by atoms with van der Waals surface area (Å²) in [4.78, 5) is 5.00. The Bertz CT molecular complexity index is 1170. The Morgan fingerprint density at radius 3 is 1.67 bits per heavy atom. The molecule has 0 aliphatic rings. The maximum atomic E-state index is 6.42. The zero-order chi connectivity index (χ0) is 20.4. The Morgan fingerprint density at radius 1 is 0.667 bits per heavy atom. The van der Waals surface area contributed by atoms with E-state index in [-0.39, 0.29) is 0 Å². The van der Waals surface area contributed by atoms with E-state index in [1.165, 1.54) is 15.9 Å². The van der Waals surface area contributed by atoms with Crippen LogP contribution in [0, 0.1) is 0 Å². The first-order valence-electron chi connectivity index (χ1n) is 9.85. The van der Waals surface area contributed by atoms with Gasteiger partial charge in [-0.25, -0.2) is 4.98 Å². The molecule has 2 aromatic heterocycles. The van der Waals surface area contributed by atoms with E-state index in [0.29, 0.717) is 0 Å². The molecule has 0 saturated heterocycles. The van der Waals surface area contributed by atoms with Crippen molar-refractivity contribution in [1.82, 2.24) is 4.98 Å². The van der Waals surface area contributed by atoms with Gasteiger partial charge < -0.3 is 0 Å². The van der Waals surface area contributed by atoms with Crippen LogP contribution in [0.3, 0.4) is 0 Å². The van der Waals surface area contributed by atoms with E-state index >= 15 is 0 Å². The molecule has 0 saturated carbocycles. The van der Waals surface area contributed by atoms with Crippen molar-refractivity contribution in [2.45, 2.75) is 6.16 Å². The average Bonchev–Trinajstić information content (AvgIpc) is 3.19. The fraction of sp³-hybridized carbons (Fsp3) is 0.0385. The third-order valence-electron chi connectivity index (χ3n) is 5.42. The van der Waals surface area contributed by atoms with Crippen LogP contribution in [0.15, 0.2) is 109 Å². The summed E-state index contributed by atoms with van der Waals surface area (Å²) in [7, 11) is -1.95. The second-order valence-corrected chi connectivity index (χ2v) is 12.0. The van der Waals surface area contributed by atoms with Gasteiger partial charge in [0, 0.05) is 5.38 Å². The molecule has 0 radical (unpaired) electrons. The van der Waals surface area contributed by atoms with Crippen LogP contribution in [-0.2, 0) is 6.16 Å². The van der Waals surface area contributed by atoms with Crippen molar-refractivity contribution in [2.75, 3.05) is 0 Å². The molecule has 0 unspecified atom stereocenters. The smallest absolute Gasteiger partial charge is 0.118 e. The largest absolute Gasteiger partial charge is 0.246 e. The van der Waals surface area contributed by atoms with Crippen molar-refractivity contribution in [3.8, 4) is 0 Å². The highest BCUT2D eigenvalue weighted by atomic mass is 35.5. The molecule has 5 rings (SSSR count). The molecule has 3 aromatic carbocycles. The maximum absolute atomic E-state index is 6.42. The van der Waals surface area contributed by atoms with Crippen LogP contribution in [0.25, 0.3) is 10.2 Å². The van der Waals surface area contributed by atoms with Crippen molar-refractivity contribution in [1.29, 1.82) is 0 Å². The van der Waals surface area contributed by atoms with Gasteiger partial charge in [0.25, 0.3) is 0 Å². The minimum Gasteiger partial charge on any atom is -0.246 e. The highest BCUT2D eigenvalue weighted by molar-refractivity contribution is 7.95. The summed E-state index contributed by atoms with van der Waals surface area (Å²) in [5.74, 6) is 0. The van der Waals surface area contributed by atoms with Gasteiger partial charge in [-0.3, -0.25) is 0 Å². The summed E-state index contributed by atoms with van der Waals surface area (Å²) in [6.45, 7) is 0. The molecule has 0 aliphatic carbocycles. The van der Waals surface area contributed by atoms with Gasteiger partial charge >= 0.3 is 0 Å². The van der Waals surface area contributed by atoms with Crippen LogP contribution in [0.2, 0.25) is 5.02 Å². The Kier molecular flexibility index (Phi) is 5.39. The van der Waals surface area contributed by atoms with Crippen LogP contribution in [0.5, 0.6) is 0 Å². The molecule has 5 aromatic rings. The van der Waals surface area contributed by atoms with E-state index in [1.54, 1.807) is 11.3 Å². The molecule has 1 nitrogen and oxygen atoms in total. The first-order chi connectivity index (χ1) is 14.8. The lowest BCUT2D eigenvalue weighted by Gasteiger charge is -2.27. The number of thiophene rings is 1. The fourth-order valence-electron chi connectivity index (χ4n) is 4.02. The predicted molar refractivity (Wildman–Crippen MR) is 133 cm³/mol. The SMILES string of the molecule is Clc1csc2ccc(C[P+](c3ccccc3)(c3ccccc3)c3ccccc3)nc12. The predicted octanol–water partition coefficient (Wildman–Crippen LogP) is 6.44. The lowest BCUT2D eigenvalue weighted by molar-refractivity contribution is 1.22. The molecule has 146 valence electrons. The van der Waals surface area contributed by atoms with E-state index in [1.807, 2.05) is 5.38 Å². The molecule has 4 heteroatoms. The zero-order valence-electron chi connectivity index (χ0n) is 16.3. The number of pyridine rings is 1. The number of hydrogen-bond acceptors (Lipinski definition) is 2. The maximum Gasteiger partial charge on any atom is 0.118 e. The van der Waals surface area contributed by atoms with E-state index < -0.39 is 7.26 Å². The minimum atomic E-state index is -1.95. The molecule has 0 bridgehead atoms. The normalized spacial score (nSPS) is 11.6. The lowest BCUT2D eigenvalue weighted by atomic mass is 10.3. The summed E-state index contributed by atoms with van der Waals surface area (Å²) in [5, 5.41) is 6.79. The van der Waals surface area contributed by atoms with Gasteiger partial charge in [-0.15, -0.1) is 11.3 Å². The molecule has 0 spiro atoms. The number of aromatic nitrogens is 1. The Hall–Kier alpha value is -2.51. The Morgan fingerprint density at radius 2 is 1.17 bits per heavy atom. The molecule has 2 heterocycles. The van der Waals surface area contributed by atoms with E-state index in [9.17, 15) is 0 Å². The quantitative estimate of drug-likeness (QED) is 0.284. The summed E-state index contributed by atoms with van der Waals surface area (Å²) < 4.78 is 1.13. The van der Waals surface area contributed by atoms with Crippen LogP contribution >= 0.6 is 30.2 Å². The Labute approximate surface area is 186 Å². The topological polar surface area (TPSA) is 12.9 Å². The monoisotopic (exact) mass is 444 g/mol. The lowest BCUT2D eigenvalue weighted by Crippen LogP contribution is -2.32. The van der Waals surface area contributed by atoms with Crippen molar-refractivity contribution in [3.05, 3.63) is 119 Å². The second kappa shape index (κ2) is 8.32. The van der Waals surface area contributed by atoms with E-state index in [2.05, 4.69) is 103 Å². The van der Waals surface area contributed by atoms with Crippen LogP contribution < -0.4 is 15.9 Å². The van der Waals surface area contributed by atoms with Gasteiger partial charge in [0.1, 0.15) is 34.9 Å². The number of halogens is 1. The van der Waals surface area contributed by atoms with Gasteiger partial charge in [-0.1, -0.05) is 66.2 Å². The van der Waals surface area contributed by atoms with Gasteiger partial charge in [0.2, 0.25) is 0 Å². The molecule has 0 N–H and O–H groups in total. The zero-order valence-corrected chi connectivity index (χ0v) is 18.7. The summed E-state index contributed by atoms with van der Waals surface area (Å²) in [5.41, 5.74) is 1.99. The third kappa shape index (κ3) is 3.46. The van der Waals surface area contributed by atoms with Gasteiger partial charge in [0.15, 0.2) is 0 Å². The molecule has 0 atom stereocenters. The van der Waals surface area contributed by atoms with E-state index in [0.717, 1.165) is 27.1 Å². The highest BCUT2D eigenvalue weighted by Gasteiger charge is 2.45. The first kappa shape index (κ1) is 19.5. The van der Waals surface area contributed by atoms with Crippen molar-refractivity contribution in [3.63, 3.8) is 0 Å². The number of fused-ring (bicyclic) bond motifs is 1. The first-order valence-corrected chi connectivity index (χ1v) is 13.1. The van der Waals surface area contributed by atoms with Crippen LogP contribution in [0.1, 0.15) is 5.69 Å². The molecule has 0 amide bonds. The van der Waals surface area contributed by atoms with Gasteiger partial charge in [-0.2, -0.15) is 0 Å². The highest BCUT2D eigenvalue weighted by Crippen LogP contribution is 2.58. The van der Waals surface area contributed by atoms with Crippen LogP contribution in [-0.4, -0.2) is 4.98 Å². The average molecular weight is 445 g/mol. The molecule has 30 heavy (non-hydrogen) atoms. The Balaban J connectivity index is 1.77. The van der Waals surface area contributed by atoms with Gasteiger partial charge in [0.05, 0.1) is 15.4 Å². The second-order valence-electron chi connectivity index (χ2n) is 7.21. The standard InChI is InChI=1S/C26H20ClNPS/c27-24-19-30-25-17-16-20(28-26(24)25)18-29(21-10-4-1-5-11-21,22-12-6-2-7-13-22)23-14-8-3-9-15-23/h1-17,19H,18H2/q+1. The van der Waals surface area contributed by atoms with Crippen molar-refractivity contribution < 1.29 is 0 Å². The minimum absolute atomic E-state index is 0.736. The molecule has 0 fully saturated rings.